The van der Waals surface area contributed by atoms with E-state index in [1.807, 2.05) is 30.3 Å². The summed E-state index contributed by atoms with van der Waals surface area (Å²) in [6, 6.07) is 9.40. The first-order chi connectivity index (χ1) is 10.4. The van der Waals surface area contributed by atoms with Crippen LogP contribution in [0.2, 0.25) is 0 Å². The minimum atomic E-state index is -4.59. The predicted molar refractivity (Wildman–Crippen MR) is 79.4 cm³/mol. The number of hydrogen-bond donors (Lipinski definition) is 1. The normalized spacial score (nSPS) is 18.9. The molecule has 0 aliphatic carbocycles. The average molecular weight is 323 g/mol. The van der Waals surface area contributed by atoms with Crippen molar-refractivity contribution < 1.29 is 17.1 Å². The maximum absolute atomic E-state index is 12.8. The summed E-state index contributed by atoms with van der Waals surface area (Å²) in [7, 11) is -4.59. The highest BCUT2D eigenvalue weighted by Gasteiger charge is 2.35. The number of amides is 1. The van der Waals surface area contributed by atoms with Gasteiger partial charge in [0.15, 0.2) is 0 Å². The lowest BCUT2D eigenvalue weighted by molar-refractivity contribution is -0.117. The predicted octanol–water partition coefficient (Wildman–Crippen LogP) is 1.73. The van der Waals surface area contributed by atoms with Gasteiger partial charge in [-0.15, -0.1) is 3.89 Å². The van der Waals surface area contributed by atoms with Gasteiger partial charge in [-0.25, -0.2) is 0 Å². The molecular formula is C14H14FN3O3S. The van der Waals surface area contributed by atoms with Crippen molar-refractivity contribution in [2.24, 2.45) is 5.92 Å². The molecule has 1 aliphatic heterocycles. The lowest BCUT2D eigenvalue weighted by atomic mass is 10.1. The Balaban J connectivity index is 1.87. The molecule has 1 N–H and O–H groups in total. The molecule has 0 spiro atoms. The topological polar surface area (TPSA) is 83.1 Å². The van der Waals surface area contributed by atoms with E-state index in [-0.39, 0.29) is 18.9 Å². The first kappa shape index (κ1) is 14.7. The highest BCUT2D eigenvalue weighted by molar-refractivity contribution is 7.86. The third kappa shape index (κ3) is 3.01. The highest BCUT2D eigenvalue weighted by atomic mass is 32.3. The largest absolute Gasteiger partial charge is 0.302 e. The summed E-state index contributed by atoms with van der Waals surface area (Å²) < 4.78 is 34.3. The van der Waals surface area contributed by atoms with Crippen molar-refractivity contribution in [3.63, 3.8) is 0 Å². The molecule has 1 aliphatic rings. The molecule has 8 heteroatoms. The van der Waals surface area contributed by atoms with Crippen molar-refractivity contribution >= 4 is 21.9 Å². The molecular weight excluding hydrogens is 309 g/mol. The van der Waals surface area contributed by atoms with Crippen LogP contribution in [0.25, 0.3) is 11.1 Å². The van der Waals surface area contributed by atoms with Crippen molar-refractivity contribution in [2.75, 3.05) is 17.2 Å². The Labute approximate surface area is 127 Å². The molecule has 3 rings (SSSR count). The van der Waals surface area contributed by atoms with Gasteiger partial charge in [-0.05, 0) is 5.56 Å². The van der Waals surface area contributed by atoms with Crippen LogP contribution in [0.4, 0.5) is 9.70 Å². The number of benzene rings is 1. The molecule has 6 nitrogen and oxygen atoms in total. The van der Waals surface area contributed by atoms with Gasteiger partial charge in [-0.3, -0.25) is 14.8 Å². The van der Waals surface area contributed by atoms with E-state index in [1.54, 1.807) is 6.20 Å². The van der Waals surface area contributed by atoms with Gasteiger partial charge in [0, 0.05) is 24.4 Å². The zero-order valence-electron chi connectivity index (χ0n) is 11.6. The van der Waals surface area contributed by atoms with Crippen LogP contribution in [0.1, 0.15) is 6.42 Å². The first-order valence-corrected chi connectivity index (χ1v) is 8.31. The van der Waals surface area contributed by atoms with Crippen molar-refractivity contribution in [2.45, 2.75) is 6.42 Å². The summed E-state index contributed by atoms with van der Waals surface area (Å²) in [5, 5.41) is 6.74. The Hall–Kier alpha value is -2.22. The van der Waals surface area contributed by atoms with Crippen molar-refractivity contribution in [3.8, 4) is 11.1 Å². The van der Waals surface area contributed by atoms with E-state index >= 15 is 0 Å². The second-order valence-electron chi connectivity index (χ2n) is 5.28. The number of nitrogens with one attached hydrogen (secondary N) is 1. The van der Waals surface area contributed by atoms with E-state index in [1.165, 1.54) is 4.90 Å². The van der Waals surface area contributed by atoms with Crippen LogP contribution >= 0.6 is 0 Å². The van der Waals surface area contributed by atoms with Gasteiger partial charge in [-0.2, -0.15) is 13.5 Å². The molecule has 2 aromatic rings. The van der Waals surface area contributed by atoms with Crippen molar-refractivity contribution in [1.82, 2.24) is 10.2 Å². The maximum atomic E-state index is 12.8. The fourth-order valence-electron chi connectivity index (χ4n) is 2.70. The molecule has 1 saturated heterocycles. The van der Waals surface area contributed by atoms with Crippen LogP contribution in [0.5, 0.6) is 0 Å². The number of halogens is 1. The summed E-state index contributed by atoms with van der Waals surface area (Å²) in [5.74, 6) is -0.913. The minimum Gasteiger partial charge on any atom is -0.296 e. The Morgan fingerprint density at radius 3 is 2.73 bits per heavy atom. The van der Waals surface area contributed by atoms with Crippen LogP contribution in [0.3, 0.4) is 0 Å². The lowest BCUT2D eigenvalue weighted by Gasteiger charge is -2.16. The number of rotatable bonds is 4. The Morgan fingerprint density at radius 2 is 2.05 bits per heavy atom. The summed E-state index contributed by atoms with van der Waals surface area (Å²) >= 11 is 0. The van der Waals surface area contributed by atoms with E-state index in [0.29, 0.717) is 5.82 Å². The molecule has 1 aromatic carbocycles. The quantitative estimate of drug-likeness (QED) is 0.869. The number of aromatic amines is 1. The van der Waals surface area contributed by atoms with Crippen LogP contribution in [-0.4, -0.2) is 36.8 Å². The van der Waals surface area contributed by atoms with Crippen molar-refractivity contribution in [3.05, 3.63) is 36.5 Å². The number of nitrogens with zero attached hydrogens (tertiary/aromatic N) is 2. The second kappa shape index (κ2) is 5.53. The second-order valence-corrected chi connectivity index (χ2v) is 6.69. The van der Waals surface area contributed by atoms with Gasteiger partial charge >= 0.3 is 10.2 Å². The fourth-order valence-corrected chi connectivity index (χ4v) is 3.49. The Bertz CT molecular complexity index is 789. The monoisotopic (exact) mass is 323 g/mol. The zero-order valence-corrected chi connectivity index (χ0v) is 12.4. The van der Waals surface area contributed by atoms with E-state index in [0.717, 1.165) is 11.1 Å². The average Bonchev–Trinajstić information content (AvgIpc) is 3.04. The smallest absolute Gasteiger partial charge is 0.296 e. The van der Waals surface area contributed by atoms with Crippen LogP contribution in [0, 0.1) is 5.92 Å². The number of carbonyl (C=O) groups excluding carboxylic acids is 1. The van der Waals surface area contributed by atoms with Crippen LogP contribution in [0.15, 0.2) is 36.5 Å². The van der Waals surface area contributed by atoms with Gasteiger partial charge in [-0.1, -0.05) is 30.3 Å². The minimum absolute atomic E-state index is 0.0103. The number of H-pyrrole nitrogens is 1. The molecule has 1 amide bonds. The number of aromatic nitrogens is 2. The van der Waals surface area contributed by atoms with Crippen LogP contribution < -0.4 is 4.90 Å². The van der Waals surface area contributed by atoms with E-state index in [4.69, 9.17) is 0 Å². The van der Waals surface area contributed by atoms with E-state index in [2.05, 4.69) is 10.2 Å². The molecule has 0 bridgehead atoms. The zero-order chi connectivity index (χ0) is 15.7. The number of hydrogen-bond acceptors (Lipinski definition) is 4. The molecule has 2 heterocycles. The van der Waals surface area contributed by atoms with Crippen LogP contribution in [-0.2, 0) is 15.0 Å². The Kier molecular flexibility index (Phi) is 3.69. The third-order valence-corrected chi connectivity index (χ3v) is 4.48. The molecule has 22 heavy (non-hydrogen) atoms. The molecule has 0 radical (unpaired) electrons. The van der Waals surface area contributed by atoms with Crippen molar-refractivity contribution in [1.29, 1.82) is 0 Å². The third-order valence-electron chi connectivity index (χ3n) is 3.61. The van der Waals surface area contributed by atoms with Gasteiger partial charge in [0.25, 0.3) is 0 Å². The summed E-state index contributed by atoms with van der Waals surface area (Å²) in [4.78, 5) is 13.5. The number of anilines is 1. The fraction of sp³-hybridized carbons (Fsp3) is 0.286. The molecule has 1 fully saturated rings. The number of carbonyl (C=O) groups is 1. The van der Waals surface area contributed by atoms with Gasteiger partial charge < -0.3 is 0 Å². The van der Waals surface area contributed by atoms with E-state index < -0.39 is 21.9 Å². The van der Waals surface area contributed by atoms with E-state index in [9.17, 15) is 17.1 Å². The standard InChI is InChI=1S/C14H14FN3O3S/c15-22(20,21)9-10-6-13(19)18(8-10)14-12(7-16-17-14)11-4-2-1-3-5-11/h1-5,7,10H,6,8-9H2,(H,16,17). The molecule has 1 atom stereocenters. The Morgan fingerprint density at radius 1 is 1.32 bits per heavy atom. The van der Waals surface area contributed by atoms with Gasteiger partial charge in [0.1, 0.15) is 5.82 Å². The maximum Gasteiger partial charge on any atom is 0.302 e. The van der Waals surface area contributed by atoms with Gasteiger partial charge in [0.05, 0.1) is 11.9 Å². The van der Waals surface area contributed by atoms with Gasteiger partial charge in [0.2, 0.25) is 5.91 Å². The lowest BCUT2D eigenvalue weighted by Crippen LogP contribution is -2.26. The SMILES string of the molecule is O=C1CC(CS(=O)(=O)F)CN1c1[nH]ncc1-c1ccccc1. The molecule has 0 saturated carbocycles. The molecule has 1 aromatic heterocycles. The molecule has 1 unspecified atom stereocenters. The highest BCUT2D eigenvalue weighted by Crippen LogP contribution is 2.32. The summed E-state index contributed by atoms with van der Waals surface area (Å²) in [6.45, 7) is 0.157. The summed E-state index contributed by atoms with van der Waals surface area (Å²) in [6.07, 6.45) is 1.62. The summed E-state index contributed by atoms with van der Waals surface area (Å²) in [5.41, 5.74) is 1.64. The first-order valence-electron chi connectivity index (χ1n) is 6.75. The molecule has 116 valence electrons.